The number of rotatable bonds is 5. The van der Waals surface area contributed by atoms with Crippen LogP contribution in [0.5, 0.6) is 0 Å². The van der Waals surface area contributed by atoms with E-state index in [-0.39, 0.29) is 18.4 Å². The van der Waals surface area contributed by atoms with E-state index in [1.165, 1.54) is 6.92 Å². The van der Waals surface area contributed by atoms with E-state index in [9.17, 15) is 14.4 Å². The van der Waals surface area contributed by atoms with Crippen molar-refractivity contribution in [2.24, 2.45) is 0 Å². The molecular formula is C18H18BrN3O3. The first-order valence-electron chi connectivity index (χ1n) is 7.57. The Labute approximate surface area is 154 Å². The average molecular weight is 404 g/mol. The first-order chi connectivity index (χ1) is 11.8. The molecule has 2 rings (SSSR count). The topological polar surface area (TPSA) is 87.3 Å². The number of hydrogen-bond acceptors (Lipinski definition) is 3. The van der Waals surface area contributed by atoms with Crippen molar-refractivity contribution in [2.75, 3.05) is 17.2 Å². The molecule has 0 radical (unpaired) electrons. The zero-order valence-corrected chi connectivity index (χ0v) is 15.4. The van der Waals surface area contributed by atoms with Gasteiger partial charge >= 0.3 is 0 Å². The van der Waals surface area contributed by atoms with Crippen LogP contribution in [0, 0.1) is 6.92 Å². The lowest BCUT2D eigenvalue weighted by Crippen LogP contribution is -2.32. The molecule has 0 unspecified atom stereocenters. The monoisotopic (exact) mass is 403 g/mol. The second kappa shape index (κ2) is 8.43. The summed E-state index contributed by atoms with van der Waals surface area (Å²) in [5, 5.41) is 7.88. The number of hydrogen-bond donors (Lipinski definition) is 3. The highest BCUT2D eigenvalue weighted by atomic mass is 79.9. The van der Waals surface area contributed by atoms with Gasteiger partial charge in [0.1, 0.15) is 0 Å². The molecule has 0 aliphatic rings. The number of aryl methyl sites for hydroxylation is 1. The van der Waals surface area contributed by atoms with E-state index < -0.39 is 5.91 Å². The van der Waals surface area contributed by atoms with E-state index in [4.69, 9.17) is 0 Å². The van der Waals surface area contributed by atoms with Gasteiger partial charge in [-0.25, -0.2) is 0 Å². The number of carbonyl (C=O) groups excluding carboxylic acids is 3. The third kappa shape index (κ3) is 5.72. The SMILES string of the molecule is CC(=O)Nc1cccc(C(=O)NCC(=O)Nc2ccc(Br)c(C)c2)c1. The standard InChI is InChI=1S/C18H18BrN3O3/c1-11-8-15(6-7-16(11)19)22-17(24)10-20-18(25)13-4-3-5-14(9-13)21-12(2)23/h3-9H,10H2,1-2H3,(H,20,25)(H,21,23)(H,22,24). The number of benzene rings is 2. The molecule has 3 N–H and O–H groups in total. The van der Waals surface area contributed by atoms with Gasteiger partial charge in [0.2, 0.25) is 11.8 Å². The zero-order valence-electron chi connectivity index (χ0n) is 13.9. The number of anilines is 2. The molecule has 0 atom stereocenters. The van der Waals surface area contributed by atoms with Crippen LogP contribution in [0.4, 0.5) is 11.4 Å². The van der Waals surface area contributed by atoms with Crippen molar-refractivity contribution >= 4 is 45.0 Å². The van der Waals surface area contributed by atoms with Gasteiger partial charge < -0.3 is 16.0 Å². The molecule has 25 heavy (non-hydrogen) atoms. The van der Waals surface area contributed by atoms with E-state index in [1.807, 2.05) is 19.1 Å². The molecule has 3 amide bonds. The molecule has 2 aromatic rings. The lowest BCUT2D eigenvalue weighted by molar-refractivity contribution is -0.115. The molecule has 0 spiro atoms. The summed E-state index contributed by atoms with van der Waals surface area (Å²) < 4.78 is 0.956. The summed E-state index contributed by atoms with van der Waals surface area (Å²) in [5.74, 6) is -0.941. The highest BCUT2D eigenvalue weighted by Crippen LogP contribution is 2.19. The normalized spacial score (nSPS) is 10.0. The van der Waals surface area contributed by atoms with Crippen molar-refractivity contribution in [3.63, 3.8) is 0 Å². The van der Waals surface area contributed by atoms with Gasteiger partial charge in [0, 0.05) is 28.3 Å². The zero-order chi connectivity index (χ0) is 18.4. The number of carbonyl (C=O) groups is 3. The fraction of sp³-hybridized carbons (Fsp3) is 0.167. The molecule has 0 aliphatic heterocycles. The number of halogens is 1. The minimum Gasteiger partial charge on any atom is -0.343 e. The fourth-order valence-electron chi connectivity index (χ4n) is 2.13. The van der Waals surface area contributed by atoms with Crippen LogP contribution >= 0.6 is 15.9 Å². The summed E-state index contributed by atoms with van der Waals surface area (Å²) in [6, 6.07) is 11.9. The molecule has 0 aromatic heterocycles. The second-order valence-corrected chi connectivity index (χ2v) is 6.31. The molecule has 0 aliphatic carbocycles. The summed E-state index contributed by atoms with van der Waals surface area (Å²) in [6.45, 7) is 3.16. The summed E-state index contributed by atoms with van der Waals surface area (Å²) in [7, 11) is 0. The first-order valence-corrected chi connectivity index (χ1v) is 8.36. The molecule has 0 saturated carbocycles. The van der Waals surface area contributed by atoms with Crippen LogP contribution in [0.2, 0.25) is 0 Å². The van der Waals surface area contributed by atoms with Crippen LogP contribution in [0.3, 0.4) is 0 Å². The highest BCUT2D eigenvalue weighted by Gasteiger charge is 2.09. The summed E-state index contributed by atoms with van der Waals surface area (Å²) in [4.78, 5) is 35.2. The van der Waals surface area contributed by atoms with Gasteiger partial charge in [0.05, 0.1) is 6.54 Å². The Bertz CT molecular complexity index is 821. The van der Waals surface area contributed by atoms with Crippen LogP contribution < -0.4 is 16.0 Å². The molecule has 0 bridgehead atoms. The lowest BCUT2D eigenvalue weighted by atomic mass is 10.2. The Kier molecular flexibility index (Phi) is 6.30. The van der Waals surface area contributed by atoms with Crippen LogP contribution in [-0.2, 0) is 9.59 Å². The molecule has 0 heterocycles. The van der Waals surface area contributed by atoms with E-state index in [2.05, 4.69) is 31.9 Å². The maximum Gasteiger partial charge on any atom is 0.251 e. The van der Waals surface area contributed by atoms with Gasteiger partial charge in [-0.05, 0) is 48.9 Å². The van der Waals surface area contributed by atoms with Crippen LogP contribution in [0.1, 0.15) is 22.8 Å². The van der Waals surface area contributed by atoms with Gasteiger partial charge in [-0.2, -0.15) is 0 Å². The van der Waals surface area contributed by atoms with Gasteiger partial charge in [0.15, 0.2) is 0 Å². The van der Waals surface area contributed by atoms with Crippen LogP contribution in [-0.4, -0.2) is 24.3 Å². The highest BCUT2D eigenvalue weighted by molar-refractivity contribution is 9.10. The van der Waals surface area contributed by atoms with Crippen molar-refractivity contribution < 1.29 is 14.4 Å². The number of nitrogens with one attached hydrogen (secondary N) is 3. The third-order valence-electron chi connectivity index (χ3n) is 3.30. The predicted octanol–water partition coefficient (Wildman–Crippen LogP) is 3.08. The molecule has 130 valence electrons. The third-order valence-corrected chi connectivity index (χ3v) is 4.19. The Hall–Kier alpha value is -2.67. The van der Waals surface area contributed by atoms with Crippen molar-refractivity contribution in [3.8, 4) is 0 Å². The Morgan fingerprint density at radius 1 is 1.00 bits per heavy atom. The smallest absolute Gasteiger partial charge is 0.251 e. The molecule has 0 saturated heterocycles. The maximum absolute atomic E-state index is 12.1. The molecule has 7 heteroatoms. The largest absolute Gasteiger partial charge is 0.343 e. The lowest BCUT2D eigenvalue weighted by Gasteiger charge is -2.09. The van der Waals surface area contributed by atoms with Gasteiger partial charge in [0.25, 0.3) is 5.91 Å². The average Bonchev–Trinajstić information content (AvgIpc) is 2.55. The fourth-order valence-corrected chi connectivity index (χ4v) is 2.38. The quantitative estimate of drug-likeness (QED) is 0.716. The molecule has 0 fully saturated rings. The minimum absolute atomic E-state index is 0.154. The van der Waals surface area contributed by atoms with Gasteiger partial charge in [-0.1, -0.05) is 22.0 Å². The summed E-state index contributed by atoms with van der Waals surface area (Å²) >= 11 is 3.40. The Morgan fingerprint density at radius 3 is 2.40 bits per heavy atom. The van der Waals surface area contributed by atoms with E-state index in [0.717, 1.165) is 10.0 Å². The predicted molar refractivity (Wildman–Crippen MR) is 101 cm³/mol. The van der Waals surface area contributed by atoms with Gasteiger partial charge in [-0.3, -0.25) is 14.4 Å². The van der Waals surface area contributed by atoms with Crippen LogP contribution in [0.25, 0.3) is 0 Å². The minimum atomic E-state index is -0.394. The summed E-state index contributed by atoms with van der Waals surface area (Å²) in [5.41, 5.74) is 2.54. The molecule has 6 nitrogen and oxygen atoms in total. The first kappa shape index (κ1) is 18.7. The Morgan fingerprint density at radius 2 is 1.72 bits per heavy atom. The Balaban J connectivity index is 1.91. The molecular weight excluding hydrogens is 386 g/mol. The van der Waals surface area contributed by atoms with Crippen molar-refractivity contribution in [2.45, 2.75) is 13.8 Å². The summed E-state index contributed by atoms with van der Waals surface area (Å²) in [6.07, 6.45) is 0. The maximum atomic E-state index is 12.1. The van der Waals surface area contributed by atoms with E-state index in [1.54, 1.807) is 30.3 Å². The number of amides is 3. The van der Waals surface area contributed by atoms with E-state index >= 15 is 0 Å². The van der Waals surface area contributed by atoms with Crippen molar-refractivity contribution in [3.05, 3.63) is 58.1 Å². The van der Waals surface area contributed by atoms with Crippen LogP contribution in [0.15, 0.2) is 46.9 Å². The van der Waals surface area contributed by atoms with Crippen molar-refractivity contribution in [1.29, 1.82) is 0 Å². The van der Waals surface area contributed by atoms with Crippen molar-refractivity contribution in [1.82, 2.24) is 5.32 Å². The molecule has 2 aromatic carbocycles. The second-order valence-electron chi connectivity index (χ2n) is 5.46. The van der Waals surface area contributed by atoms with E-state index in [0.29, 0.717) is 16.9 Å². The van der Waals surface area contributed by atoms with Gasteiger partial charge in [-0.15, -0.1) is 0 Å².